The summed E-state index contributed by atoms with van der Waals surface area (Å²) in [5.41, 5.74) is 8.47. The zero-order valence-corrected chi connectivity index (χ0v) is 17.1. The van der Waals surface area contributed by atoms with Crippen molar-refractivity contribution in [1.82, 2.24) is 19.7 Å². The number of carbonyl (C=O) groups excluding carboxylic acids is 1. The van der Waals surface area contributed by atoms with Gasteiger partial charge >= 0.3 is 6.18 Å². The van der Waals surface area contributed by atoms with Crippen molar-refractivity contribution >= 4 is 16.8 Å². The van der Waals surface area contributed by atoms with Crippen LogP contribution in [-0.2, 0) is 18.3 Å². The molecule has 2 aromatic heterocycles. The minimum Gasteiger partial charge on any atom is -0.366 e. The van der Waals surface area contributed by atoms with Crippen molar-refractivity contribution in [1.29, 1.82) is 0 Å². The summed E-state index contributed by atoms with van der Waals surface area (Å²) in [6, 6.07) is 6.96. The summed E-state index contributed by atoms with van der Waals surface area (Å²) in [6.07, 6.45) is -2.71. The standard InChI is InChI=1S/C21H22F3N5O2/c1-12-11-31-19(21(22,23)24)10-29(12)8-13-3-4-15-16(14-7-26-28(2)9-14)6-18(20(25)30)27-17(15)5-13/h3-7,9,12,19H,8,10-11H2,1-2H3,(H2,25,30)/t12-,19+/m0/s1. The summed E-state index contributed by atoms with van der Waals surface area (Å²) in [5.74, 6) is -0.660. The first-order chi connectivity index (χ1) is 14.6. The van der Waals surface area contributed by atoms with Gasteiger partial charge in [-0.15, -0.1) is 0 Å². The van der Waals surface area contributed by atoms with Gasteiger partial charge in [-0.05, 0) is 30.2 Å². The van der Waals surface area contributed by atoms with E-state index in [0.717, 1.165) is 22.1 Å². The number of aromatic nitrogens is 3. The van der Waals surface area contributed by atoms with Crippen molar-refractivity contribution in [3.05, 3.63) is 47.9 Å². The molecule has 10 heteroatoms. The maximum Gasteiger partial charge on any atom is 0.415 e. The highest BCUT2D eigenvalue weighted by molar-refractivity contribution is 6.00. The number of nitrogens with zero attached hydrogens (tertiary/aromatic N) is 4. The van der Waals surface area contributed by atoms with Crippen LogP contribution in [0.5, 0.6) is 0 Å². The number of benzene rings is 1. The van der Waals surface area contributed by atoms with E-state index in [1.54, 1.807) is 35.0 Å². The lowest BCUT2D eigenvalue weighted by molar-refractivity contribution is -0.244. The van der Waals surface area contributed by atoms with E-state index in [9.17, 15) is 18.0 Å². The Bertz CT molecular complexity index is 1130. The van der Waals surface area contributed by atoms with Gasteiger partial charge in [0.15, 0.2) is 6.10 Å². The number of hydrogen-bond donors (Lipinski definition) is 1. The molecule has 1 aliphatic rings. The molecule has 0 saturated carbocycles. The fourth-order valence-electron chi connectivity index (χ4n) is 3.76. The van der Waals surface area contributed by atoms with Crippen molar-refractivity contribution in [2.75, 3.05) is 13.2 Å². The maximum atomic E-state index is 13.1. The van der Waals surface area contributed by atoms with Crippen LogP contribution in [-0.4, -0.2) is 57.0 Å². The second-order valence-electron chi connectivity index (χ2n) is 7.82. The topological polar surface area (TPSA) is 86.3 Å². The molecular weight excluding hydrogens is 411 g/mol. The Hall–Kier alpha value is -2.98. The number of ether oxygens (including phenoxy) is 1. The zero-order valence-electron chi connectivity index (χ0n) is 17.1. The number of rotatable bonds is 4. The van der Waals surface area contributed by atoms with Crippen LogP contribution in [0.3, 0.4) is 0 Å². The lowest BCUT2D eigenvalue weighted by Gasteiger charge is -2.38. The number of morpholine rings is 1. The molecule has 3 heterocycles. The number of alkyl halides is 3. The molecule has 1 aliphatic heterocycles. The number of primary amides is 1. The minimum absolute atomic E-state index is 0.00693. The second-order valence-corrected chi connectivity index (χ2v) is 7.82. The van der Waals surface area contributed by atoms with Gasteiger partial charge in [0.2, 0.25) is 0 Å². The highest BCUT2D eigenvalue weighted by atomic mass is 19.4. The first-order valence-electron chi connectivity index (χ1n) is 9.76. The Kier molecular flexibility index (Phi) is 5.44. The number of halogens is 3. The lowest BCUT2D eigenvalue weighted by Crippen LogP contribution is -2.52. The highest BCUT2D eigenvalue weighted by Crippen LogP contribution is 2.31. The van der Waals surface area contributed by atoms with Gasteiger partial charge in [0.05, 0.1) is 18.3 Å². The Morgan fingerprint density at radius 2 is 2.10 bits per heavy atom. The van der Waals surface area contributed by atoms with Crippen LogP contribution in [0, 0.1) is 0 Å². The minimum atomic E-state index is -4.40. The molecule has 4 rings (SSSR count). The quantitative estimate of drug-likeness (QED) is 0.684. The molecule has 0 bridgehead atoms. The first kappa shape index (κ1) is 21.3. The third-order valence-corrected chi connectivity index (χ3v) is 5.46. The number of pyridine rings is 1. The fraction of sp³-hybridized carbons (Fsp3) is 0.381. The Morgan fingerprint density at radius 1 is 1.32 bits per heavy atom. The average molecular weight is 433 g/mol. The van der Waals surface area contributed by atoms with E-state index >= 15 is 0 Å². The van der Waals surface area contributed by atoms with Crippen LogP contribution in [0.15, 0.2) is 36.7 Å². The molecule has 31 heavy (non-hydrogen) atoms. The predicted molar refractivity (Wildman–Crippen MR) is 108 cm³/mol. The summed E-state index contributed by atoms with van der Waals surface area (Å²) < 4.78 is 45.9. The summed E-state index contributed by atoms with van der Waals surface area (Å²) in [6.45, 7) is 1.90. The SMILES string of the molecule is C[C@H]1CO[C@@H](C(F)(F)F)CN1Cc1ccc2c(-c3cnn(C)c3)cc(C(N)=O)nc2c1. The molecule has 2 N–H and O–H groups in total. The van der Waals surface area contributed by atoms with E-state index in [0.29, 0.717) is 12.1 Å². The van der Waals surface area contributed by atoms with Crippen LogP contribution in [0.2, 0.25) is 0 Å². The average Bonchev–Trinajstić information content (AvgIpc) is 3.13. The van der Waals surface area contributed by atoms with Crippen LogP contribution in [0.4, 0.5) is 13.2 Å². The van der Waals surface area contributed by atoms with Gasteiger partial charge in [-0.25, -0.2) is 4.98 Å². The number of fused-ring (bicyclic) bond motifs is 1. The zero-order chi connectivity index (χ0) is 22.3. The molecule has 164 valence electrons. The second kappa shape index (κ2) is 7.93. The number of aryl methyl sites for hydroxylation is 1. The van der Waals surface area contributed by atoms with Crippen LogP contribution < -0.4 is 5.73 Å². The van der Waals surface area contributed by atoms with Crippen molar-refractivity contribution in [2.45, 2.75) is 31.8 Å². The molecule has 0 aliphatic carbocycles. The highest BCUT2D eigenvalue weighted by Gasteiger charge is 2.44. The van der Waals surface area contributed by atoms with Gasteiger partial charge in [-0.3, -0.25) is 14.4 Å². The van der Waals surface area contributed by atoms with E-state index in [1.807, 2.05) is 25.3 Å². The van der Waals surface area contributed by atoms with Gasteiger partial charge < -0.3 is 10.5 Å². The van der Waals surface area contributed by atoms with Gasteiger partial charge in [0, 0.05) is 43.3 Å². The first-order valence-corrected chi connectivity index (χ1v) is 9.76. The van der Waals surface area contributed by atoms with Crippen LogP contribution >= 0.6 is 0 Å². The largest absolute Gasteiger partial charge is 0.415 e. The van der Waals surface area contributed by atoms with Crippen molar-refractivity contribution < 1.29 is 22.7 Å². The van der Waals surface area contributed by atoms with Gasteiger partial charge in [-0.1, -0.05) is 12.1 Å². The van der Waals surface area contributed by atoms with Gasteiger partial charge in [-0.2, -0.15) is 18.3 Å². The number of hydrogen-bond acceptors (Lipinski definition) is 5. The Morgan fingerprint density at radius 3 is 2.74 bits per heavy atom. The van der Waals surface area contributed by atoms with E-state index in [4.69, 9.17) is 10.5 Å². The predicted octanol–water partition coefficient (Wildman–Crippen LogP) is 2.89. The van der Waals surface area contributed by atoms with E-state index in [2.05, 4.69) is 10.1 Å². The molecule has 0 radical (unpaired) electrons. The van der Waals surface area contributed by atoms with Crippen molar-refractivity contribution in [3.63, 3.8) is 0 Å². The van der Waals surface area contributed by atoms with E-state index in [1.165, 1.54) is 0 Å². The third-order valence-electron chi connectivity index (χ3n) is 5.46. The molecule has 1 fully saturated rings. The summed E-state index contributed by atoms with van der Waals surface area (Å²) in [5, 5.41) is 4.97. The summed E-state index contributed by atoms with van der Waals surface area (Å²) >= 11 is 0. The normalized spacial score (nSPS) is 20.3. The summed E-state index contributed by atoms with van der Waals surface area (Å²) in [7, 11) is 1.79. The molecule has 1 saturated heterocycles. The molecule has 1 amide bonds. The van der Waals surface area contributed by atoms with E-state index < -0.39 is 18.2 Å². The van der Waals surface area contributed by atoms with Crippen LogP contribution in [0.25, 0.3) is 22.0 Å². The Labute approximate surface area is 176 Å². The number of carbonyl (C=O) groups is 1. The Balaban J connectivity index is 1.69. The summed E-state index contributed by atoms with van der Waals surface area (Å²) in [4.78, 5) is 17.9. The van der Waals surface area contributed by atoms with E-state index in [-0.39, 0.29) is 24.9 Å². The molecule has 0 spiro atoms. The van der Waals surface area contributed by atoms with Gasteiger partial charge in [0.25, 0.3) is 5.91 Å². The van der Waals surface area contributed by atoms with Crippen molar-refractivity contribution in [2.24, 2.45) is 12.8 Å². The molecule has 3 aromatic rings. The molecule has 7 nitrogen and oxygen atoms in total. The van der Waals surface area contributed by atoms with Gasteiger partial charge in [0.1, 0.15) is 5.69 Å². The van der Waals surface area contributed by atoms with Crippen molar-refractivity contribution in [3.8, 4) is 11.1 Å². The smallest absolute Gasteiger partial charge is 0.366 e. The van der Waals surface area contributed by atoms with Crippen LogP contribution in [0.1, 0.15) is 23.0 Å². The lowest BCUT2D eigenvalue weighted by atomic mass is 10.0. The number of nitrogens with two attached hydrogens (primary N) is 1. The fourth-order valence-corrected chi connectivity index (χ4v) is 3.76. The molecular formula is C21H22F3N5O2. The molecule has 0 unspecified atom stereocenters. The molecule has 1 aromatic carbocycles. The third kappa shape index (κ3) is 4.40. The number of amides is 1. The maximum absolute atomic E-state index is 13.1. The molecule has 2 atom stereocenters. The monoisotopic (exact) mass is 433 g/mol.